The van der Waals surface area contributed by atoms with E-state index in [1.54, 1.807) is 20.1 Å². The first kappa shape index (κ1) is 35.4. The second-order valence-electron chi connectivity index (χ2n) is 14.6. The Labute approximate surface area is 300 Å². The third-order valence-electron chi connectivity index (χ3n) is 10.9. The van der Waals surface area contributed by atoms with Gasteiger partial charge in [0.05, 0.1) is 28.6 Å². The maximum absolute atomic E-state index is 14.5. The lowest BCUT2D eigenvalue weighted by atomic mass is 10.0. The molecule has 2 aromatic carbocycles. The molecule has 3 heterocycles. The zero-order valence-corrected chi connectivity index (χ0v) is 30.4. The molecule has 3 aromatic rings. The minimum atomic E-state index is -3.94. The number of anilines is 1. The number of halogens is 1. The van der Waals surface area contributed by atoms with Crippen LogP contribution in [0.1, 0.15) is 77.6 Å². The highest BCUT2D eigenvalue weighted by atomic mass is 32.2. The molecule has 7 rings (SSSR count). The van der Waals surface area contributed by atoms with E-state index in [1.165, 1.54) is 28.4 Å². The molecule has 2 aliphatic heterocycles. The molecule has 4 fully saturated rings. The van der Waals surface area contributed by atoms with E-state index in [2.05, 4.69) is 20.3 Å². The van der Waals surface area contributed by atoms with Gasteiger partial charge in [0.15, 0.2) is 0 Å². The number of aromatic nitrogens is 1. The van der Waals surface area contributed by atoms with E-state index in [0.717, 1.165) is 32.1 Å². The van der Waals surface area contributed by atoms with Crippen LogP contribution in [0.2, 0.25) is 0 Å². The topological polar surface area (TPSA) is 156 Å². The molecule has 2 saturated heterocycles. The smallest absolute Gasteiger partial charge is 0.274 e. The lowest BCUT2D eigenvalue weighted by Crippen LogP contribution is -2.58. The van der Waals surface area contributed by atoms with Gasteiger partial charge in [-0.05, 0) is 75.3 Å². The first-order valence-corrected chi connectivity index (χ1v) is 20.0. The fraction of sp³-hybridized carbons (Fsp3) is 0.556. The number of rotatable bonds is 8. The van der Waals surface area contributed by atoms with Crippen LogP contribution in [0.5, 0.6) is 10.9 Å². The van der Waals surface area contributed by atoms with Gasteiger partial charge >= 0.3 is 0 Å². The predicted octanol–water partition coefficient (Wildman–Crippen LogP) is 4.89. The maximum atomic E-state index is 14.5. The number of amides is 3. The molecule has 3 N–H and O–H groups in total. The Morgan fingerprint density at radius 1 is 1.08 bits per heavy atom. The minimum Gasteiger partial charge on any atom is -0.497 e. The second kappa shape index (κ2) is 13.9. The third kappa shape index (κ3) is 7.37. The Bertz CT molecular complexity index is 1940. The Morgan fingerprint density at radius 2 is 1.84 bits per heavy atom. The zero-order valence-electron chi connectivity index (χ0n) is 28.8. The highest BCUT2D eigenvalue weighted by Gasteiger charge is 2.63. The minimum absolute atomic E-state index is 0.0762. The van der Waals surface area contributed by atoms with Crippen LogP contribution in [-0.2, 0) is 24.4 Å². The van der Waals surface area contributed by atoms with Crippen molar-refractivity contribution in [3.63, 3.8) is 0 Å². The van der Waals surface area contributed by atoms with E-state index in [4.69, 9.17) is 9.47 Å². The lowest BCUT2D eigenvalue weighted by Gasteiger charge is -2.30. The number of nitrogens with zero attached hydrogens (tertiary/aromatic N) is 2. The van der Waals surface area contributed by atoms with Gasteiger partial charge in [-0.3, -0.25) is 19.1 Å². The summed E-state index contributed by atoms with van der Waals surface area (Å²) in [5.41, 5.74) is -0.121. The average molecular weight is 742 g/mol. The first-order chi connectivity index (χ1) is 24.4. The summed E-state index contributed by atoms with van der Waals surface area (Å²) in [7, 11) is -2.37. The molecule has 0 radical (unpaired) electrons. The number of thiazole rings is 1. The molecule has 5 atom stereocenters. The van der Waals surface area contributed by atoms with Crippen LogP contribution in [0.15, 0.2) is 42.5 Å². The number of sulfonamides is 1. The van der Waals surface area contributed by atoms with Crippen LogP contribution in [0.3, 0.4) is 0 Å². The van der Waals surface area contributed by atoms with Crippen molar-refractivity contribution < 1.29 is 36.7 Å². The summed E-state index contributed by atoms with van der Waals surface area (Å²) in [6, 6.07) is 9.91. The number of nitrogens with one attached hydrogen (secondary N) is 3. The monoisotopic (exact) mass is 741 g/mol. The first-order valence-electron chi connectivity index (χ1n) is 17.7. The molecule has 15 heteroatoms. The van der Waals surface area contributed by atoms with Gasteiger partial charge in [-0.25, -0.2) is 17.8 Å². The molecule has 51 heavy (non-hydrogen) atoms. The van der Waals surface area contributed by atoms with Crippen LogP contribution in [0, 0.1) is 11.7 Å². The number of fused-ring (bicyclic) bond motifs is 3. The second-order valence-corrected chi connectivity index (χ2v) is 17.8. The lowest BCUT2D eigenvalue weighted by molar-refractivity contribution is -0.140. The summed E-state index contributed by atoms with van der Waals surface area (Å²) in [4.78, 5) is 48.7. The van der Waals surface area contributed by atoms with Crippen molar-refractivity contribution in [1.29, 1.82) is 0 Å². The van der Waals surface area contributed by atoms with Gasteiger partial charge in [0.2, 0.25) is 21.8 Å². The number of ether oxygens (including phenoxy) is 2. The fourth-order valence-electron chi connectivity index (χ4n) is 7.34. The normalized spacial score (nSPS) is 28.0. The van der Waals surface area contributed by atoms with Crippen LogP contribution in [0.25, 0.3) is 10.2 Å². The molecular weight excluding hydrogens is 698 g/mol. The summed E-state index contributed by atoms with van der Waals surface area (Å²) in [6.45, 7) is 1.69. The molecule has 0 bridgehead atoms. The quantitative estimate of drug-likeness (QED) is 0.293. The van der Waals surface area contributed by atoms with Gasteiger partial charge in [0, 0.05) is 18.2 Å². The third-order valence-corrected chi connectivity index (χ3v) is 14.0. The Hall–Kier alpha value is -3.98. The van der Waals surface area contributed by atoms with Crippen molar-refractivity contribution in [2.45, 2.75) is 106 Å². The molecule has 12 nitrogen and oxygen atoms in total. The van der Waals surface area contributed by atoms with Gasteiger partial charge in [0.25, 0.3) is 11.1 Å². The van der Waals surface area contributed by atoms with Gasteiger partial charge in [-0.2, -0.15) is 0 Å². The Morgan fingerprint density at radius 3 is 2.61 bits per heavy atom. The van der Waals surface area contributed by atoms with Crippen LogP contribution < -0.4 is 24.8 Å². The number of methoxy groups -OCH3 is 1. The molecule has 274 valence electrons. The molecule has 2 saturated carbocycles. The van der Waals surface area contributed by atoms with E-state index >= 15 is 0 Å². The molecular formula is C36H44FN5O7S2. The van der Waals surface area contributed by atoms with Gasteiger partial charge in [-0.15, -0.1) is 0 Å². The number of carbonyl (C=O) groups is 3. The predicted molar refractivity (Wildman–Crippen MR) is 191 cm³/mol. The van der Waals surface area contributed by atoms with E-state index in [-0.39, 0.29) is 24.8 Å². The Balaban J connectivity index is 1.18. The van der Waals surface area contributed by atoms with E-state index in [1.807, 2.05) is 24.3 Å². The van der Waals surface area contributed by atoms with Crippen molar-refractivity contribution in [3.05, 3.63) is 48.3 Å². The SMILES string of the molecule is COc1cccc(N[C@H]2CCCCCCC[C@@H]3C[C@@]3(C(=O)NS(=O)(=O)C3(C)CC3)NC(=O)[C@@H]3C[C@@H](Oc4nc5ccc(F)cc5s4)CN3C2=O)c1. The van der Waals surface area contributed by atoms with Crippen LogP contribution in [0.4, 0.5) is 10.1 Å². The number of hydrogen-bond acceptors (Lipinski definition) is 10. The van der Waals surface area contributed by atoms with Crippen molar-refractivity contribution in [2.75, 3.05) is 19.0 Å². The molecule has 3 amide bonds. The fourth-order valence-corrected chi connectivity index (χ4v) is 9.55. The van der Waals surface area contributed by atoms with E-state index < -0.39 is 56.1 Å². The zero-order chi connectivity index (χ0) is 36.0. The molecule has 4 aliphatic rings. The summed E-state index contributed by atoms with van der Waals surface area (Å²) in [6.07, 6.45) is 6.33. The largest absolute Gasteiger partial charge is 0.497 e. The van der Waals surface area contributed by atoms with Gasteiger partial charge < -0.3 is 25.0 Å². The highest BCUT2D eigenvalue weighted by molar-refractivity contribution is 7.91. The van der Waals surface area contributed by atoms with E-state index in [0.29, 0.717) is 59.0 Å². The van der Waals surface area contributed by atoms with Crippen LogP contribution >= 0.6 is 11.3 Å². The summed E-state index contributed by atoms with van der Waals surface area (Å²) < 4.78 is 53.7. The number of hydrogen-bond donors (Lipinski definition) is 3. The van der Waals surface area contributed by atoms with Crippen molar-refractivity contribution in [1.82, 2.24) is 19.9 Å². The summed E-state index contributed by atoms with van der Waals surface area (Å²) in [5.74, 6) is -1.54. The molecule has 0 spiro atoms. The van der Waals surface area contributed by atoms with Crippen molar-refractivity contribution in [3.8, 4) is 10.9 Å². The van der Waals surface area contributed by atoms with Crippen LogP contribution in [-0.4, -0.2) is 78.2 Å². The van der Waals surface area contributed by atoms with Gasteiger partial charge in [0.1, 0.15) is 35.3 Å². The van der Waals surface area contributed by atoms with Gasteiger partial charge in [-0.1, -0.05) is 49.5 Å². The van der Waals surface area contributed by atoms with Crippen molar-refractivity contribution in [2.24, 2.45) is 5.92 Å². The summed E-state index contributed by atoms with van der Waals surface area (Å²) >= 11 is 1.18. The number of benzene rings is 2. The standard InChI is InChI=1S/C36H44FN5O7S2/c1-35(15-16-35)51(46,47)41-33(45)36-20-22(36)9-6-4-3-5-7-12-28(38-24-10-8-11-25(18-24)48-2)32(44)42-21-26(19-29(42)31(43)40-36)49-34-39-27-14-13-23(37)17-30(27)50-34/h8,10-11,13-14,17-18,22,26,28-29,38H,3-7,9,12,15-16,19-21H2,1-2H3,(H,40,43)(H,41,45)/t22-,26-,28+,29+,36-/m1/s1. The highest BCUT2D eigenvalue weighted by Crippen LogP contribution is 2.49. The van der Waals surface area contributed by atoms with Crippen molar-refractivity contribution >= 4 is 55.0 Å². The summed E-state index contributed by atoms with van der Waals surface area (Å²) in [5, 5.41) is 6.63. The Kier molecular flexibility index (Phi) is 9.63. The average Bonchev–Trinajstić information content (AvgIpc) is 3.91. The molecule has 2 aliphatic carbocycles. The molecule has 0 unspecified atom stereocenters. The molecule has 1 aromatic heterocycles. The maximum Gasteiger partial charge on any atom is 0.274 e. The van der Waals surface area contributed by atoms with E-state index in [9.17, 15) is 27.2 Å². The number of carbonyl (C=O) groups excluding carboxylic acids is 3.